The van der Waals surface area contributed by atoms with Gasteiger partial charge in [0.25, 0.3) is 0 Å². The molecule has 11 heavy (non-hydrogen) atoms. The molecule has 0 radical (unpaired) electrons. The van der Waals surface area contributed by atoms with Crippen LogP contribution >= 0.6 is 15.9 Å². The maximum atomic E-state index is 11.1. The summed E-state index contributed by atoms with van der Waals surface area (Å²) in [6, 6.07) is 0. The van der Waals surface area contributed by atoms with Crippen LogP contribution in [0.4, 0.5) is 0 Å². The number of rotatable bonds is 1. The molecule has 0 saturated carbocycles. The molecule has 1 rings (SSSR count). The molecule has 1 unspecified atom stereocenters. The summed E-state index contributed by atoms with van der Waals surface area (Å²) in [5.41, 5.74) is 0.806. The fourth-order valence-corrected chi connectivity index (χ4v) is 1.66. The molecule has 1 aliphatic rings. The van der Waals surface area contributed by atoms with Crippen molar-refractivity contribution in [2.45, 2.75) is 6.92 Å². The van der Waals surface area contributed by atoms with Crippen LogP contribution in [0.3, 0.4) is 0 Å². The Bertz CT molecular complexity index is 228. The minimum Gasteiger partial charge on any atom is -0.351 e. The van der Waals surface area contributed by atoms with E-state index in [4.69, 9.17) is 0 Å². The first-order valence-corrected chi connectivity index (χ1v) is 4.23. The van der Waals surface area contributed by atoms with Gasteiger partial charge in [-0.05, 0) is 6.92 Å². The third-order valence-corrected chi connectivity index (χ3v) is 2.18. The average Bonchev–Trinajstić information content (AvgIpc) is 2.30. The molecule has 1 aliphatic heterocycles. The molecule has 60 valence electrons. The van der Waals surface area contributed by atoms with Gasteiger partial charge in [-0.15, -0.1) is 6.58 Å². The molecule has 0 aromatic heterocycles. The number of nitrogens with one attached hydrogen (secondary N) is 1. The highest BCUT2D eigenvalue weighted by Gasteiger charge is 2.26. The Kier molecular flexibility index (Phi) is 2.49. The Morgan fingerprint density at radius 3 is 2.91 bits per heavy atom. The van der Waals surface area contributed by atoms with Crippen LogP contribution in [0.25, 0.3) is 0 Å². The van der Waals surface area contributed by atoms with Crippen molar-refractivity contribution in [1.82, 2.24) is 5.32 Å². The van der Waals surface area contributed by atoms with E-state index in [0.29, 0.717) is 6.54 Å². The zero-order chi connectivity index (χ0) is 8.43. The van der Waals surface area contributed by atoms with E-state index in [1.165, 1.54) is 0 Å². The molecular weight excluding hydrogens is 206 g/mol. The van der Waals surface area contributed by atoms with Gasteiger partial charge in [0.15, 0.2) is 0 Å². The van der Waals surface area contributed by atoms with Crippen molar-refractivity contribution in [3.63, 3.8) is 0 Å². The van der Waals surface area contributed by atoms with Crippen LogP contribution in [-0.4, -0.2) is 12.5 Å². The van der Waals surface area contributed by atoms with Crippen LogP contribution in [0.1, 0.15) is 6.92 Å². The summed E-state index contributed by atoms with van der Waals surface area (Å²) in [6.45, 7) is 6.22. The lowest BCUT2D eigenvalue weighted by Gasteiger charge is -2.01. The topological polar surface area (TPSA) is 29.1 Å². The lowest BCUT2D eigenvalue weighted by Crippen LogP contribution is -2.14. The average molecular weight is 216 g/mol. The molecule has 1 fully saturated rings. The lowest BCUT2D eigenvalue weighted by molar-refractivity contribution is -0.116. The normalized spacial score (nSPS) is 28.2. The molecule has 0 spiro atoms. The number of halogens is 1. The molecule has 1 atom stereocenters. The summed E-state index contributed by atoms with van der Waals surface area (Å²) in [5, 5.41) is 2.75. The van der Waals surface area contributed by atoms with Crippen LogP contribution in [-0.2, 0) is 4.79 Å². The quantitative estimate of drug-likeness (QED) is 0.523. The van der Waals surface area contributed by atoms with Gasteiger partial charge in [0, 0.05) is 22.5 Å². The van der Waals surface area contributed by atoms with Crippen LogP contribution in [0.2, 0.25) is 0 Å². The predicted molar refractivity (Wildman–Crippen MR) is 48.3 cm³/mol. The molecule has 1 amide bonds. The Balaban J connectivity index is 2.98. The third-order valence-electron chi connectivity index (χ3n) is 1.75. The van der Waals surface area contributed by atoms with Gasteiger partial charge in [-0.3, -0.25) is 4.79 Å². The minimum atomic E-state index is 0.0178. The molecule has 1 heterocycles. The van der Waals surface area contributed by atoms with Gasteiger partial charge in [0.2, 0.25) is 5.91 Å². The molecule has 0 aliphatic carbocycles. The van der Waals surface area contributed by atoms with E-state index in [2.05, 4.69) is 27.8 Å². The number of carbonyl (C=O) groups excluding carboxylic acids is 1. The zero-order valence-corrected chi connectivity index (χ0v) is 7.94. The van der Waals surface area contributed by atoms with Crippen molar-refractivity contribution in [3.05, 3.63) is 22.7 Å². The summed E-state index contributed by atoms with van der Waals surface area (Å²) in [5.74, 6) is 0.186. The van der Waals surface area contributed by atoms with Crippen molar-refractivity contribution in [1.29, 1.82) is 0 Å². The summed E-state index contributed by atoms with van der Waals surface area (Å²) >= 11 is 3.29. The highest BCUT2D eigenvalue weighted by Crippen LogP contribution is 2.24. The summed E-state index contributed by atoms with van der Waals surface area (Å²) in [4.78, 5) is 11.1. The zero-order valence-electron chi connectivity index (χ0n) is 6.36. The monoisotopic (exact) mass is 215 g/mol. The van der Waals surface area contributed by atoms with E-state index in [0.717, 1.165) is 10.1 Å². The third kappa shape index (κ3) is 1.53. The highest BCUT2D eigenvalue weighted by molar-refractivity contribution is 9.11. The standard InChI is InChI=1S/C8H10BrNO/c1-3-6-4-10-8(11)7(6)5(2)9/h3,6H,1,4H2,2H3,(H,10,11)/b7-5-. The van der Waals surface area contributed by atoms with Crippen LogP contribution in [0.5, 0.6) is 0 Å². The second-order valence-corrected chi connectivity index (χ2v) is 3.69. The smallest absolute Gasteiger partial charge is 0.248 e. The van der Waals surface area contributed by atoms with Gasteiger partial charge in [0.05, 0.1) is 0 Å². The number of hydrogen-bond donors (Lipinski definition) is 1. The first kappa shape index (κ1) is 8.53. The second kappa shape index (κ2) is 3.22. The van der Waals surface area contributed by atoms with E-state index in [9.17, 15) is 4.79 Å². The van der Waals surface area contributed by atoms with E-state index >= 15 is 0 Å². The number of carbonyl (C=O) groups is 1. The Labute approximate surface area is 74.5 Å². The van der Waals surface area contributed by atoms with E-state index in [1.807, 2.05) is 6.92 Å². The Hall–Kier alpha value is -0.570. The Morgan fingerprint density at radius 2 is 2.55 bits per heavy atom. The van der Waals surface area contributed by atoms with Crippen LogP contribution in [0, 0.1) is 5.92 Å². The van der Waals surface area contributed by atoms with E-state index < -0.39 is 0 Å². The molecule has 3 heteroatoms. The van der Waals surface area contributed by atoms with Crippen molar-refractivity contribution >= 4 is 21.8 Å². The number of hydrogen-bond acceptors (Lipinski definition) is 1. The molecule has 2 nitrogen and oxygen atoms in total. The molecule has 1 saturated heterocycles. The van der Waals surface area contributed by atoms with Gasteiger partial charge in [-0.1, -0.05) is 22.0 Å². The fourth-order valence-electron chi connectivity index (χ4n) is 1.18. The lowest BCUT2D eigenvalue weighted by atomic mass is 10.0. The molecule has 0 bridgehead atoms. The van der Waals surface area contributed by atoms with Gasteiger partial charge >= 0.3 is 0 Å². The minimum absolute atomic E-state index is 0.0178. The highest BCUT2D eigenvalue weighted by atomic mass is 79.9. The second-order valence-electron chi connectivity index (χ2n) is 2.50. The number of amides is 1. The van der Waals surface area contributed by atoms with Gasteiger partial charge < -0.3 is 5.32 Å². The van der Waals surface area contributed by atoms with Crippen LogP contribution in [0.15, 0.2) is 22.7 Å². The maximum Gasteiger partial charge on any atom is 0.248 e. The van der Waals surface area contributed by atoms with Crippen LogP contribution < -0.4 is 5.32 Å². The maximum absolute atomic E-state index is 11.1. The summed E-state index contributed by atoms with van der Waals surface area (Å²) < 4.78 is 0.900. The van der Waals surface area contributed by atoms with Gasteiger partial charge in [0.1, 0.15) is 0 Å². The molecule has 1 N–H and O–H groups in total. The summed E-state index contributed by atoms with van der Waals surface area (Å²) in [6.07, 6.45) is 1.79. The first-order chi connectivity index (χ1) is 5.16. The fraction of sp³-hybridized carbons (Fsp3) is 0.375. The largest absolute Gasteiger partial charge is 0.351 e. The number of allylic oxidation sites excluding steroid dienone is 1. The SMILES string of the molecule is C=CC1CNC(=O)/C1=C(/C)Br. The molecular formula is C8H10BrNO. The van der Waals surface area contributed by atoms with Crippen molar-refractivity contribution < 1.29 is 4.79 Å². The first-order valence-electron chi connectivity index (χ1n) is 3.44. The Morgan fingerprint density at radius 1 is 1.91 bits per heavy atom. The van der Waals surface area contributed by atoms with Crippen molar-refractivity contribution in [2.24, 2.45) is 5.92 Å². The van der Waals surface area contributed by atoms with Crippen molar-refractivity contribution in [2.75, 3.05) is 6.54 Å². The van der Waals surface area contributed by atoms with E-state index in [1.54, 1.807) is 6.08 Å². The molecule has 0 aromatic rings. The van der Waals surface area contributed by atoms with E-state index in [-0.39, 0.29) is 11.8 Å². The van der Waals surface area contributed by atoms with Gasteiger partial charge in [-0.2, -0.15) is 0 Å². The summed E-state index contributed by atoms with van der Waals surface area (Å²) in [7, 11) is 0. The predicted octanol–water partition coefficient (Wildman–Crippen LogP) is 1.59. The van der Waals surface area contributed by atoms with Gasteiger partial charge in [-0.25, -0.2) is 0 Å². The molecule has 0 aromatic carbocycles. The van der Waals surface area contributed by atoms with Crippen molar-refractivity contribution in [3.8, 4) is 0 Å².